The zero-order valence-electron chi connectivity index (χ0n) is 24.8. The lowest BCUT2D eigenvalue weighted by molar-refractivity contribution is -0.131. The zero-order chi connectivity index (χ0) is 32.6. The minimum Gasteiger partial charge on any atom is -0.493 e. The first-order valence-electron chi connectivity index (χ1n) is 13.8. The van der Waals surface area contributed by atoms with Crippen LogP contribution in [0.3, 0.4) is 0 Å². The van der Waals surface area contributed by atoms with Crippen molar-refractivity contribution in [1.29, 1.82) is 0 Å². The number of pyridine rings is 1. The summed E-state index contributed by atoms with van der Waals surface area (Å²) >= 11 is 0. The summed E-state index contributed by atoms with van der Waals surface area (Å²) in [6.07, 6.45) is 2.79. The highest BCUT2D eigenvalue weighted by atomic mass is 19.1. The van der Waals surface area contributed by atoms with Crippen LogP contribution < -0.4 is 30.6 Å². The number of nitrogens with two attached hydrogens (primary N) is 2. The molecule has 1 aliphatic rings. The van der Waals surface area contributed by atoms with Crippen molar-refractivity contribution in [3.63, 3.8) is 0 Å². The third kappa shape index (κ3) is 5.17. The highest BCUT2D eigenvalue weighted by Gasteiger charge is 2.57. The van der Waals surface area contributed by atoms with E-state index in [1.165, 1.54) is 50.8 Å². The van der Waals surface area contributed by atoms with Gasteiger partial charge in [-0.15, -0.1) is 0 Å². The van der Waals surface area contributed by atoms with Gasteiger partial charge in [0.1, 0.15) is 17.1 Å². The summed E-state index contributed by atoms with van der Waals surface area (Å²) in [5.74, 6) is -4.91. The smallest absolute Gasteiger partial charge is 0.264 e. The van der Waals surface area contributed by atoms with Gasteiger partial charge in [0.2, 0.25) is 5.91 Å². The molecule has 4 aromatic rings. The summed E-state index contributed by atoms with van der Waals surface area (Å²) in [6, 6.07) is 13.3. The van der Waals surface area contributed by atoms with Gasteiger partial charge in [-0.25, -0.2) is 8.78 Å². The van der Waals surface area contributed by atoms with Crippen LogP contribution in [0.5, 0.6) is 23.0 Å². The quantitative estimate of drug-likeness (QED) is 0.258. The zero-order valence-corrected chi connectivity index (χ0v) is 24.8. The van der Waals surface area contributed by atoms with Crippen LogP contribution in [-0.2, 0) is 19.9 Å². The van der Waals surface area contributed by atoms with Crippen LogP contribution in [0.15, 0.2) is 78.5 Å². The molecule has 232 valence electrons. The molecule has 2 unspecified atom stereocenters. The van der Waals surface area contributed by atoms with Crippen LogP contribution in [-0.4, -0.2) is 36.9 Å². The summed E-state index contributed by atoms with van der Waals surface area (Å²) in [4.78, 5) is 45.2. The SMILES string of the molecule is COc1cc2nccc(Oc3ccc(C4(C(N)=O)C(C(C)C)C=C(C(N)=O)C(=O)N4c4ccc(F)cc4)cc3F)c2cc1OC. The minimum absolute atomic E-state index is 0.00184. The number of halogens is 2. The van der Waals surface area contributed by atoms with Gasteiger partial charge in [-0.2, -0.15) is 0 Å². The normalized spacial score (nSPS) is 18.1. The Bertz CT molecular complexity index is 1860. The van der Waals surface area contributed by atoms with Crippen molar-refractivity contribution in [2.45, 2.75) is 19.4 Å². The Kier molecular flexibility index (Phi) is 8.16. The van der Waals surface area contributed by atoms with E-state index in [0.717, 1.165) is 23.1 Å². The van der Waals surface area contributed by atoms with Gasteiger partial charge in [0.15, 0.2) is 28.6 Å². The first-order chi connectivity index (χ1) is 21.4. The molecule has 1 aromatic heterocycles. The van der Waals surface area contributed by atoms with Crippen molar-refractivity contribution in [1.82, 2.24) is 4.98 Å². The fraction of sp³-hybridized carbons (Fsp3) is 0.212. The lowest BCUT2D eigenvalue weighted by Crippen LogP contribution is -2.65. The van der Waals surface area contributed by atoms with Crippen LogP contribution >= 0.6 is 0 Å². The summed E-state index contributed by atoms with van der Waals surface area (Å²) in [7, 11) is 2.97. The molecule has 2 atom stereocenters. The number of aromatic nitrogens is 1. The van der Waals surface area contributed by atoms with E-state index in [1.54, 1.807) is 32.0 Å². The largest absolute Gasteiger partial charge is 0.493 e. The minimum atomic E-state index is -2.05. The van der Waals surface area contributed by atoms with E-state index in [0.29, 0.717) is 22.4 Å². The molecule has 0 saturated heterocycles. The molecule has 5 rings (SSSR count). The molecule has 10 nitrogen and oxygen atoms in total. The fourth-order valence-electron chi connectivity index (χ4n) is 5.79. The molecule has 0 radical (unpaired) electrons. The van der Waals surface area contributed by atoms with E-state index < -0.39 is 46.7 Å². The molecule has 12 heteroatoms. The van der Waals surface area contributed by atoms with Gasteiger partial charge in [-0.1, -0.05) is 26.0 Å². The standard InChI is InChI=1S/C33H30F2N4O6/c1-17(2)23-14-22(30(36)40)31(41)39(20-8-6-19(34)7-9-20)33(23,32(37)42)18-5-10-27(24(35)13-18)45-26-11-12-38-25-16-29(44-4)28(43-3)15-21(25)26/h5-17,23H,1-4H3,(H2,36,40)(H2,37,42). The number of amides is 3. The topological polar surface area (TPSA) is 147 Å². The third-order valence-electron chi connectivity index (χ3n) is 7.86. The molecule has 4 N–H and O–H groups in total. The van der Waals surface area contributed by atoms with Gasteiger partial charge in [0.05, 0.1) is 19.7 Å². The van der Waals surface area contributed by atoms with Crippen molar-refractivity contribution < 1.29 is 37.4 Å². The predicted molar refractivity (Wildman–Crippen MR) is 162 cm³/mol. The highest BCUT2D eigenvalue weighted by molar-refractivity contribution is 6.26. The monoisotopic (exact) mass is 616 g/mol. The van der Waals surface area contributed by atoms with Crippen LogP contribution in [0.4, 0.5) is 14.5 Å². The number of anilines is 1. The molecule has 3 aromatic carbocycles. The van der Waals surface area contributed by atoms with Crippen molar-refractivity contribution >= 4 is 34.3 Å². The van der Waals surface area contributed by atoms with Gasteiger partial charge >= 0.3 is 0 Å². The summed E-state index contributed by atoms with van der Waals surface area (Å²) < 4.78 is 46.7. The third-order valence-corrected chi connectivity index (χ3v) is 7.86. The summed E-state index contributed by atoms with van der Waals surface area (Å²) in [5, 5.41) is 0.511. The second kappa shape index (κ2) is 11.9. The van der Waals surface area contributed by atoms with Gasteiger partial charge in [-0.3, -0.25) is 24.3 Å². The van der Waals surface area contributed by atoms with Crippen LogP contribution in [0.1, 0.15) is 19.4 Å². The Morgan fingerprint density at radius 3 is 2.16 bits per heavy atom. The van der Waals surface area contributed by atoms with Gasteiger partial charge in [0, 0.05) is 29.3 Å². The Labute approximate surface area is 257 Å². The summed E-state index contributed by atoms with van der Waals surface area (Å²) in [5.41, 5.74) is 9.77. The second-order valence-corrected chi connectivity index (χ2v) is 10.7. The first kappa shape index (κ1) is 30.9. The number of primary amides is 2. The Morgan fingerprint density at radius 1 is 0.911 bits per heavy atom. The number of carbonyl (C=O) groups is 3. The average Bonchev–Trinajstić information content (AvgIpc) is 3.01. The van der Waals surface area contributed by atoms with E-state index >= 15 is 4.39 Å². The van der Waals surface area contributed by atoms with Gasteiger partial charge < -0.3 is 25.7 Å². The molecule has 0 bridgehead atoms. The number of methoxy groups -OCH3 is 2. The second-order valence-electron chi connectivity index (χ2n) is 10.7. The van der Waals surface area contributed by atoms with Crippen molar-refractivity contribution in [2.75, 3.05) is 19.1 Å². The van der Waals surface area contributed by atoms with Crippen molar-refractivity contribution in [2.24, 2.45) is 23.3 Å². The summed E-state index contributed by atoms with van der Waals surface area (Å²) in [6.45, 7) is 3.50. The Hall–Kier alpha value is -5.52. The predicted octanol–water partition coefficient (Wildman–Crippen LogP) is 4.73. The number of carbonyl (C=O) groups excluding carboxylic acids is 3. The van der Waals surface area contributed by atoms with Gasteiger partial charge in [-0.05, 0) is 60.0 Å². The van der Waals surface area contributed by atoms with Crippen molar-refractivity contribution in [3.05, 3.63) is 95.7 Å². The van der Waals surface area contributed by atoms with Crippen LogP contribution in [0.25, 0.3) is 10.9 Å². The van der Waals surface area contributed by atoms with Crippen LogP contribution in [0.2, 0.25) is 0 Å². The molecule has 0 saturated carbocycles. The molecule has 0 fully saturated rings. The highest BCUT2D eigenvalue weighted by Crippen LogP contribution is 2.48. The van der Waals surface area contributed by atoms with Gasteiger partial charge in [0.25, 0.3) is 11.8 Å². The molecular weight excluding hydrogens is 586 g/mol. The first-order valence-corrected chi connectivity index (χ1v) is 13.8. The van der Waals surface area contributed by atoms with E-state index in [-0.39, 0.29) is 28.3 Å². The van der Waals surface area contributed by atoms with E-state index in [2.05, 4.69) is 4.98 Å². The Balaban J connectivity index is 1.68. The van der Waals surface area contributed by atoms with E-state index in [9.17, 15) is 18.8 Å². The number of rotatable bonds is 9. The van der Waals surface area contributed by atoms with E-state index in [4.69, 9.17) is 25.7 Å². The van der Waals surface area contributed by atoms with Crippen molar-refractivity contribution in [3.8, 4) is 23.0 Å². The molecule has 2 heterocycles. The molecule has 0 aliphatic carbocycles. The maximum absolute atomic E-state index is 16.0. The average molecular weight is 617 g/mol. The number of nitrogens with zero attached hydrogens (tertiary/aromatic N) is 2. The molecule has 3 amide bonds. The maximum atomic E-state index is 16.0. The number of ether oxygens (including phenoxy) is 3. The molecule has 0 spiro atoms. The lowest BCUT2D eigenvalue weighted by Gasteiger charge is -2.50. The number of fused-ring (bicyclic) bond motifs is 1. The maximum Gasteiger partial charge on any atom is 0.264 e. The molecular formula is C33H30F2N4O6. The number of hydrogen-bond acceptors (Lipinski definition) is 7. The van der Waals surface area contributed by atoms with Crippen LogP contribution in [0, 0.1) is 23.5 Å². The van der Waals surface area contributed by atoms with E-state index in [1.807, 2.05) is 0 Å². The molecule has 1 aliphatic heterocycles. The fourth-order valence-corrected chi connectivity index (χ4v) is 5.79. The Morgan fingerprint density at radius 2 is 1.58 bits per heavy atom. The number of benzene rings is 3. The molecule has 45 heavy (non-hydrogen) atoms. The number of hydrogen-bond donors (Lipinski definition) is 2. The lowest BCUT2D eigenvalue weighted by atomic mass is 9.67.